The number of pyridine rings is 1. The summed E-state index contributed by atoms with van der Waals surface area (Å²) in [5.74, 6) is 1.20. The Balaban J connectivity index is 1.91. The van der Waals surface area contributed by atoms with E-state index >= 15 is 0 Å². The summed E-state index contributed by atoms with van der Waals surface area (Å²) in [6.07, 6.45) is 9.07. The first-order valence-electron chi connectivity index (χ1n) is 11.5. The van der Waals surface area contributed by atoms with Gasteiger partial charge in [0.05, 0.1) is 6.42 Å². The summed E-state index contributed by atoms with van der Waals surface area (Å²) in [4.78, 5) is 14.5. The van der Waals surface area contributed by atoms with Gasteiger partial charge >= 0.3 is 5.97 Å². The van der Waals surface area contributed by atoms with Gasteiger partial charge in [0.2, 0.25) is 5.69 Å². The summed E-state index contributed by atoms with van der Waals surface area (Å²) >= 11 is 8.50. The van der Waals surface area contributed by atoms with Gasteiger partial charge in [-0.05, 0) is 62.3 Å². The summed E-state index contributed by atoms with van der Waals surface area (Å²) in [6, 6.07) is 14.8. The maximum absolute atomic E-state index is 12.2. The number of esters is 1. The number of rotatable bonds is 14. The van der Waals surface area contributed by atoms with Gasteiger partial charge in [0.15, 0.2) is 6.20 Å². The van der Waals surface area contributed by atoms with E-state index in [4.69, 9.17) is 4.74 Å². The van der Waals surface area contributed by atoms with E-state index in [1.54, 1.807) is 0 Å². The Bertz CT molecular complexity index is 836. The summed E-state index contributed by atoms with van der Waals surface area (Å²) < 4.78 is 7.71. The topological polar surface area (TPSA) is 33.4 Å². The third-order valence-electron chi connectivity index (χ3n) is 5.41. The van der Waals surface area contributed by atoms with E-state index in [1.165, 1.54) is 11.3 Å². The lowest BCUT2D eigenvalue weighted by Gasteiger charge is -2.20. The van der Waals surface area contributed by atoms with Crippen molar-refractivity contribution in [3.8, 4) is 0 Å². The molecule has 0 radical (unpaired) electrons. The van der Waals surface area contributed by atoms with Crippen molar-refractivity contribution in [1.29, 1.82) is 0 Å². The molecule has 0 spiro atoms. The Morgan fingerprint density at radius 3 is 2.47 bits per heavy atom. The van der Waals surface area contributed by atoms with Crippen LogP contribution in [0.2, 0.25) is 0 Å². The molecule has 0 aliphatic heterocycles. The number of benzene rings is 1. The molecule has 174 valence electrons. The minimum absolute atomic E-state index is 0.117. The average molecular weight is 474 g/mol. The van der Waals surface area contributed by atoms with Crippen LogP contribution in [0.3, 0.4) is 0 Å². The van der Waals surface area contributed by atoms with Crippen LogP contribution in [0.15, 0.2) is 48.7 Å². The van der Waals surface area contributed by atoms with Crippen LogP contribution in [0.5, 0.6) is 0 Å². The lowest BCUT2D eigenvalue weighted by atomic mass is 10.1. The van der Waals surface area contributed by atoms with Gasteiger partial charge in [-0.15, -0.1) is 0 Å². The standard InChI is InChI=1S/C26H36N2O2S2/c1-3-27(4-2)24-16-13-22(14-17-24)12-15-23-9-5-6-18-28(23)19-7-11-26(29)30-25(21-32)10-8-20-31/h5-6,9,12-18,25H,3-4,7-8,10-11,19-21H2,1-2H3,(H-,31,32)/p+1. The van der Waals surface area contributed by atoms with Gasteiger partial charge in [-0.1, -0.05) is 12.1 Å². The van der Waals surface area contributed by atoms with E-state index in [-0.39, 0.29) is 12.1 Å². The predicted octanol–water partition coefficient (Wildman–Crippen LogP) is 5.32. The van der Waals surface area contributed by atoms with Gasteiger partial charge < -0.3 is 9.64 Å². The van der Waals surface area contributed by atoms with E-state index in [1.807, 2.05) is 12.1 Å². The Morgan fingerprint density at radius 2 is 1.81 bits per heavy atom. The molecule has 2 rings (SSSR count). The number of carbonyl (C=O) groups is 1. The second-order valence-corrected chi connectivity index (χ2v) is 8.49. The summed E-state index contributed by atoms with van der Waals surface area (Å²) in [5, 5.41) is 0. The number of nitrogens with zero attached hydrogens (tertiary/aromatic N) is 2. The Kier molecular flexibility index (Phi) is 12.4. The van der Waals surface area contributed by atoms with Gasteiger partial charge in [-0.25, -0.2) is 0 Å². The Labute approximate surface area is 204 Å². The van der Waals surface area contributed by atoms with Crippen LogP contribution in [-0.4, -0.2) is 36.7 Å². The quantitative estimate of drug-likeness (QED) is 0.221. The SMILES string of the molecule is CCN(CC)c1ccc(/C=C/c2cccc[n+]2CCCC(=O)OC(CS)CCCS)cc1. The molecule has 0 aliphatic rings. The number of anilines is 1. The number of carbonyl (C=O) groups excluding carboxylic acids is 1. The van der Waals surface area contributed by atoms with Crippen molar-refractivity contribution in [2.75, 3.05) is 29.5 Å². The van der Waals surface area contributed by atoms with E-state index < -0.39 is 0 Å². The molecular formula is C26H37N2O2S2+. The molecule has 0 bridgehead atoms. The van der Waals surface area contributed by atoms with E-state index in [2.05, 4.69) is 97.3 Å². The normalized spacial score (nSPS) is 12.1. The highest BCUT2D eigenvalue weighted by molar-refractivity contribution is 7.80. The molecule has 1 aromatic heterocycles. The van der Waals surface area contributed by atoms with Crippen LogP contribution >= 0.6 is 25.3 Å². The highest BCUT2D eigenvalue weighted by atomic mass is 32.1. The molecular weight excluding hydrogens is 436 g/mol. The number of aromatic nitrogens is 1. The molecule has 1 unspecified atom stereocenters. The maximum atomic E-state index is 12.2. The van der Waals surface area contributed by atoms with Crippen LogP contribution in [0.1, 0.15) is 50.8 Å². The fraction of sp³-hybridized carbons (Fsp3) is 0.462. The second-order valence-electron chi connectivity index (χ2n) is 7.68. The summed E-state index contributed by atoms with van der Waals surface area (Å²) in [5.41, 5.74) is 3.52. The first-order valence-corrected chi connectivity index (χ1v) is 12.8. The van der Waals surface area contributed by atoms with Gasteiger partial charge in [0, 0.05) is 49.2 Å². The molecule has 0 N–H and O–H groups in total. The number of ether oxygens (including phenoxy) is 1. The number of aryl methyl sites for hydroxylation is 1. The highest BCUT2D eigenvalue weighted by Crippen LogP contribution is 2.16. The molecule has 1 atom stereocenters. The van der Waals surface area contributed by atoms with Crippen LogP contribution < -0.4 is 9.47 Å². The molecule has 1 heterocycles. The first kappa shape index (κ1) is 26.3. The zero-order valence-corrected chi connectivity index (χ0v) is 21.1. The third kappa shape index (κ3) is 8.91. The molecule has 2 aromatic rings. The van der Waals surface area contributed by atoms with Crippen molar-refractivity contribution < 1.29 is 14.1 Å². The van der Waals surface area contributed by atoms with Gasteiger partial charge in [0.25, 0.3) is 0 Å². The predicted molar refractivity (Wildman–Crippen MR) is 142 cm³/mol. The van der Waals surface area contributed by atoms with Crippen molar-refractivity contribution in [2.45, 2.75) is 52.2 Å². The largest absolute Gasteiger partial charge is 0.461 e. The van der Waals surface area contributed by atoms with Crippen molar-refractivity contribution in [1.82, 2.24) is 0 Å². The molecule has 32 heavy (non-hydrogen) atoms. The molecule has 1 aromatic carbocycles. The molecule has 6 heteroatoms. The van der Waals surface area contributed by atoms with Crippen LogP contribution in [0, 0.1) is 0 Å². The number of hydrogen-bond donors (Lipinski definition) is 2. The van der Waals surface area contributed by atoms with E-state index in [9.17, 15) is 4.79 Å². The van der Waals surface area contributed by atoms with E-state index in [0.29, 0.717) is 12.2 Å². The first-order chi connectivity index (χ1) is 15.6. The van der Waals surface area contributed by atoms with Crippen molar-refractivity contribution >= 4 is 49.1 Å². The van der Waals surface area contributed by atoms with Crippen LogP contribution in [0.25, 0.3) is 12.2 Å². The van der Waals surface area contributed by atoms with Crippen molar-refractivity contribution in [2.24, 2.45) is 0 Å². The van der Waals surface area contributed by atoms with Crippen molar-refractivity contribution in [3.05, 3.63) is 59.9 Å². The van der Waals surface area contributed by atoms with Crippen LogP contribution in [0.4, 0.5) is 5.69 Å². The minimum atomic E-state index is -0.148. The zero-order chi connectivity index (χ0) is 23.2. The lowest BCUT2D eigenvalue weighted by molar-refractivity contribution is -0.698. The molecule has 0 amide bonds. The zero-order valence-electron chi connectivity index (χ0n) is 19.3. The average Bonchev–Trinajstić information content (AvgIpc) is 2.82. The Hall–Kier alpha value is -1.92. The van der Waals surface area contributed by atoms with Crippen molar-refractivity contribution in [3.63, 3.8) is 0 Å². The minimum Gasteiger partial charge on any atom is -0.461 e. The molecule has 4 nitrogen and oxygen atoms in total. The fourth-order valence-electron chi connectivity index (χ4n) is 3.56. The van der Waals surface area contributed by atoms with Gasteiger partial charge in [-0.3, -0.25) is 4.79 Å². The fourth-order valence-corrected chi connectivity index (χ4v) is 4.00. The number of thiol groups is 2. The second kappa shape index (κ2) is 15.0. The smallest absolute Gasteiger partial charge is 0.306 e. The summed E-state index contributed by atoms with van der Waals surface area (Å²) in [7, 11) is 0. The third-order valence-corrected chi connectivity index (χ3v) is 6.13. The number of hydrogen-bond acceptors (Lipinski definition) is 5. The molecule has 0 saturated heterocycles. The van der Waals surface area contributed by atoms with Gasteiger partial charge in [-0.2, -0.15) is 29.8 Å². The highest BCUT2D eigenvalue weighted by Gasteiger charge is 2.14. The van der Waals surface area contributed by atoms with Crippen LogP contribution in [-0.2, 0) is 16.1 Å². The maximum Gasteiger partial charge on any atom is 0.306 e. The molecule has 0 fully saturated rings. The molecule has 0 saturated carbocycles. The lowest BCUT2D eigenvalue weighted by Crippen LogP contribution is -2.36. The summed E-state index contributed by atoms with van der Waals surface area (Å²) in [6.45, 7) is 7.13. The van der Waals surface area contributed by atoms with E-state index in [0.717, 1.165) is 50.3 Å². The Morgan fingerprint density at radius 1 is 1.06 bits per heavy atom. The van der Waals surface area contributed by atoms with Gasteiger partial charge in [0.1, 0.15) is 12.6 Å². The monoisotopic (exact) mass is 473 g/mol. The molecule has 0 aliphatic carbocycles.